The van der Waals surface area contributed by atoms with E-state index in [2.05, 4.69) is 30.5 Å². The van der Waals surface area contributed by atoms with Crippen LogP contribution in [0.25, 0.3) is 22.8 Å². The Morgan fingerprint density at radius 1 is 1.15 bits per heavy atom. The van der Waals surface area contributed by atoms with Gasteiger partial charge in [-0.15, -0.1) is 0 Å². The molecule has 6 rings (SSSR count). The smallest absolute Gasteiger partial charge is 0.262 e. The van der Waals surface area contributed by atoms with E-state index in [9.17, 15) is 9.90 Å². The number of nitrogens with one attached hydrogen (secondary N) is 1. The zero-order valence-electron chi connectivity index (χ0n) is 18.4. The van der Waals surface area contributed by atoms with E-state index in [1.54, 1.807) is 37.6 Å². The van der Waals surface area contributed by atoms with Crippen LogP contribution >= 0.6 is 0 Å². The van der Waals surface area contributed by atoms with Crippen LogP contribution in [0.2, 0.25) is 0 Å². The van der Waals surface area contributed by atoms with Gasteiger partial charge in [-0.25, -0.2) is 15.0 Å². The van der Waals surface area contributed by atoms with E-state index in [1.807, 2.05) is 23.0 Å². The molecule has 1 aliphatic heterocycles. The molecule has 1 saturated carbocycles. The normalized spacial score (nSPS) is 20.2. The number of hydrogen-bond donors (Lipinski definition) is 2. The first kappa shape index (κ1) is 20.5. The van der Waals surface area contributed by atoms with E-state index in [0.717, 1.165) is 18.5 Å². The molecule has 0 aromatic carbocycles. The van der Waals surface area contributed by atoms with Gasteiger partial charge in [-0.3, -0.25) is 9.48 Å². The van der Waals surface area contributed by atoms with E-state index < -0.39 is 11.5 Å². The Bertz CT molecular complexity index is 1380. The molecule has 1 saturated heterocycles. The fourth-order valence-electron chi connectivity index (χ4n) is 4.03. The van der Waals surface area contributed by atoms with Crippen LogP contribution in [-0.2, 0) is 10.4 Å². The van der Waals surface area contributed by atoms with E-state index >= 15 is 0 Å². The molecule has 2 N–H and O–H groups in total. The largest absolute Gasteiger partial charge is 0.373 e. The molecular formula is C23H22N8O3. The zero-order valence-corrected chi connectivity index (χ0v) is 18.4. The zero-order chi connectivity index (χ0) is 23.3. The number of aromatic nitrogens is 6. The molecule has 1 aliphatic carbocycles. The summed E-state index contributed by atoms with van der Waals surface area (Å²) in [4.78, 5) is 27.4. The van der Waals surface area contributed by atoms with E-state index in [1.165, 1.54) is 4.90 Å². The first-order valence-electron chi connectivity index (χ1n) is 11.1. The van der Waals surface area contributed by atoms with Crippen molar-refractivity contribution in [1.29, 1.82) is 0 Å². The summed E-state index contributed by atoms with van der Waals surface area (Å²) in [6.45, 7) is 0.449. The topological polar surface area (TPSA) is 135 Å². The summed E-state index contributed by atoms with van der Waals surface area (Å²) >= 11 is 0. The predicted molar refractivity (Wildman–Crippen MR) is 121 cm³/mol. The quantitative estimate of drug-likeness (QED) is 0.447. The van der Waals surface area contributed by atoms with Crippen molar-refractivity contribution in [3.05, 3.63) is 54.7 Å². The molecule has 4 aromatic rings. The van der Waals surface area contributed by atoms with Gasteiger partial charge in [-0.05, 0) is 31.0 Å². The monoisotopic (exact) mass is 458 g/mol. The molecule has 1 atom stereocenters. The average Bonchev–Trinajstić information content (AvgIpc) is 3.28. The number of anilines is 2. The molecule has 0 spiro atoms. The molecule has 172 valence electrons. The van der Waals surface area contributed by atoms with Crippen LogP contribution in [0.3, 0.4) is 0 Å². The second-order valence-electron chi connectivity index (χ2n) is 8.65. The molecule has 11 heteroatoms. The number of carbonyl (C=O) groups excluding carboxylic acids is 1. The number of amides is 1. The van der Waals surface area contributed by atoms with Crippen molar-refractivity contribution < 1.29 is 14.4 Å². The summed E-state index contributed by atoms with van der Waals surface area (Å²) in [5.41, 5.74) is 1.34. The van der Waals surface area contributed by atoms with Gasteiger partial charge in [0.05, 0.1) is 35.0 Å². The van der Waals surface area contributed by atoms with E-state index in [4.69, 9.17) is 4.52 Å². The van der Waals surface area contributed by atoms with Gasteiger partial charge in [0.15, 0.2) is 5.76 Å². The van der Waals surface area contributed by atoms with Crippen LogP contribution in [-0.4, -0.2) is 59.4 Å². The summed E-state index contributed by atoms with van der Waals surface area (Å²) in [7, 11) is 1.65. The summed E-state index contributed by atoms with van der Waals surface area (Å²) in [5.74, 6) is 0.153. The van der Waals surface area contributed by atoms with E-state index in [0.29, 0.717) is 41.3 Å². The summed E-state index contributed by atoms with van der Waals surface area (Å²) < 4.78 is 7.30. The number of aliphatic hydroxyl groups is 1. The molecule has 0 bridgehead atoms. The number of rotatable bonds is 6. The molecule has 2 fully saturated rings. The van der Waals surface area contributed by atoms with Gasteiger partial charge in [-0.2, -0.15) is 5.10 Å². The first-order chi connectivity index (χ1) is 16.5. The maximum Gasteiger partial charge on any atom is 0.262 e. The van der Waals surface area contributed by atoms with Crippen LogP contribution in [0, 0.1) is 0 Å². The van der Waals surface area contributed by atoms with Crippen molar-refractivity contribution in [2.45, 2.75) is 30.9 Å². The van der Waals surface area contributed by atoms with Crippen molar-refractivity contribution in [3.8, 4) is 22.8 Å². The molecule has 11 nitrogen and oxygen atoms in total. The van der Waals surface area contributed by atoms with Crippen LogP contribution in [0.4, 0.5) is 11.6 Å². The molecule has 1 unspecified atom stereocenters. The van der Waals surface area contributed by atoms with Gasteiger partial charge in [0.2, 0.25) is 11.5 Å². The fraction of sp³-hybridized carbons (Fsp3) is 0.304. The number of nitrogens with zero attached hydrogens (tertiary/aromatic N) is 7. The number of hydrogen-bond acceptors (Lipinski definition) is 9. The Hall–Kier alpha value is -4.12. The Morgan fingerprint density at radius 3 is 2.71 bits per heavy atom. The Balaban J connectivity index is 1.24. The minimum atomic E-state index is -1.70. The van der Waals surface area contributed by atoms with Crippen LogP contribution in [0.5, 0.6) is 0 Å². The second kappa shape index (κ2) is 7.73. The van der Waals surface area contributed by atoms with Crippen molar-refractivity contribution in [1.82, 2.24) is 34.8 Å². The average molecular weight is 458 g/mol. The minimum absolute atomic E-state index is 0.115. The van der Waals surface area contributed by atoms with Crippen molar-refractivity contribution in [2.24, 2.45) is 0 Å². The Kier molecular flexibility index (Phi) is 4.66. The highest BCUT2D eigenvalue weighted by atomic mass is 16.5. The molecule has 4 aromatic heterocycles. The maximum absolute atomic E-state index is 12.4. The number of carbonyl (C=O) groups is 1. The highest BCUT2D eigenvalue weighted by Gasteiger charge is 2.48. The van der Waals surface area contributed by atoms with Gasteiger partial charge in [0, 0.05) is 38.5 Å². The van der Waals surface area contributed by atoms with E-state index in [-0.39, 0.29) is 12.2 Å². The van der Waals surface area contributed by atoms with Crippen molar-refractivity contribution in [2.75, 3.05) is 18.9 Å². The summed E-state index contributed by atoms with van der Waals surface area (Å²) in [5, 5.41) is 22.4. The first-order valence-corrected chi connectivity index (χ1v) is 11.1. The standard InChI is InChI=1S/C23H22N8O3/c1-30-10-8-23(33,21(30)32)20-11-19(29-34-20)17-4-2-3-16(27-17)18-7-9-24-22(28-18)26-14-12-25-31(13-14)15-5-6-15/h2-4,7,9,11-13,15,33H,5-6,8,10H2,1H3,(H,24,26,28). The van der Waals surface area contributed by atoms with Crippen LogP contribution < -0.4 is 5.32 Å². The maximum atomic E-state index is 12.4. The molecule has 0 radical (unpaired) electrons. The number of pyridine rings is 1. The number of likely N-dealkylation sites (tertiary alicyclic amines) is 1. The van der Waals surface area contributed by atoms with Crippen molar-refractivity contribution >= 4 is 17.5 Å². The molecule has 1 amide bonds. The summed E-state index contributed by atoms with van der Waals surface area (Å²) in [6.07, 6.45) is 7.95. The molecular weight excluding hydrogens is 436 g/mol. The lowest BCUT2D eigenvalue weighted by Gasteiger charge is -2.16. The van der Waals surface area contributed by atoms with Gasteiger partial charge in [0.1, 0.15) is 5.69 Å². The minimum Gasteiger partial charge on any atom is -0.373 e. The number of likely N-dealkylation sites (N-methyl/N-ethyl adjacent to an activating group) is 1. The Labute approximate surface area is 194 Å². The highest BCUT2D eigenvalue weighted by Crippen LogP contribution is 2.35. The summed E-state index contributed by atoms with van der Waals surface area (Å²) in [6, 6.07) is 9.29. The van der Waals surface area contributed by atoms with Crippen LogP contribution in [0.15, 0.2) is 53.4 Å². The lowest BCUT2D eigenvalue weighted by atomic mass is 9.98. The SMILES string of the molecule is CN1CCC(O)(c2cc(-c3cccc(-c4ccnc(Nc5cnn(C6CC6)c5)n4)n3)no2)C1=O. The van der Waals surface area contributed by atoms with Crippen molar-refractivity contribution in [3.63, 3.8) is 0 Å². The third-order valence-electron chi connectivity index (χ3n) is 6.14. The van der Waals surface area contributed by atoms with Gasteiger partial charge >= 0.3 is 0 Å². The molecule has 5 heterocycles. The third-order valence-corrected chi connectivity index (χ3v) is 6.14. The molecule has 2 aliphatic rings. The fourth-order valence-corrected chi connectivity index (χ4v) is 4.03. The second-order valence-corrected chi connectivity index (χ2v) is 8.65. The van der Waals surface area contributed by atoms with Gasteiger partial charge in [0.25, 0.3) is 5.91 Å². The molecule has 34 heavy (non-hydrogen) atoms. The lowest BCUT2D eigenvalue weighted by molar-refractivity contribution is -0.144. The predicted octanol–water partition coefficient (Wildman–Crippen LogP) is 2.52. The highest BCUT2D eigenvalue weighted by molar-refractivity contribution is 5.87. The van der Waals surface area contributed by atoms with Crippen LogP contribution in [0.1, 0.15) is 31.1 Å². The Morgan fingerprint density at radius 2 is 1.94 bits per heavy atom. The van der Waals surface area contributed by atoms with Gasteiger partial charge < -0.3 is 19.8 Å². The lowest BCUT2D eigenvalue weighted by Crippen LogP contribution is -2.35. The van der Waals surface area contributed by atoms with Gasteiger partial charge in [-0.1, -0.05) is 11.2 Å². The third kappa shape index (κ3) is 3.59.